The molecule has 0 aliphatic heterocycles. The summed E-state index contributed by atoms with van der Waals surface area (Å²) in [4.78, 5) is 24.6. The van der Waals surface area contributed by atoms with Gasteiger partial charge >= 0.3 is 0 Å². The fourth-order valence-electron chi connectivity index (χ4n) is 2.14. The monoisotopic (exact) mass is 387 g/mol. The van der Waals surface area contributed by atoms with Crippen LogP contribution in [0, 0.1) is 11.3 Å². The van der Waals surface area contributed by atoms with E-state index in [-0.39, 0.29) is 18.4 Å². The van der Waals surface area contributed by atoms with Crippen molar-refractivity contribution < 1.29 is 9.59 Å². The highest BCUT2D eigenvalue weighted by atomic mass is 35.5. The molecule has 2 aromatic rings. The maximum absolute atomic E-state index is 12.3. The zero-order valence-electron chi connectivity index (χ0n) is 13.9. The molecule has 0 spiro atoms. The second kappa shape index (κ2) is 10.5. The molecule has 0 aliphatic carbocycles. The van der Waals surface area contributed by atoms with E-state index >= 15 is 0 Å². The Bertz CT molecular complexity index is 776. The SMILES string of the molecule is N#CCNC(=O)C(CSCc1ccc(Cl)cc1)NC(=O)c1ccccc1. The summed E-state index contributed by atoms with van der Waals surface area (Å²) in [5, 5.41) is 14.5. The zero-order chi connectivity index (χ0) is 18.8. The summed E-state index contributed by atoms with van der Waals surface area (Å²) in [7, 11) is 0. The molecule has 0 heterocycles. The van der Waals surface area contributed by atoms with Gasteiger partial charge in [0.1, 0.15) is 12.6 Å². The molecule has 26 heavy (non-hydrogen) atoms. The van der Waals surface area contributed by atoms with Gasteiger partial charge < -0.3 is 10.6 Å². The Labute approximate surface area is 161 Å². The Morgan fingerprint density at radius 2 is 1.81 bits per heavy atom. The van der Waals surface area contributed by atoms with Gasteiger partial charge in [-0.15, -0.1) is 0 Å². The summed E-state index contributed by atoms with van der Waals surface area (Å²) in [6.07, 6.45) is 0. The van der Waals surface area contributed by atoms with Gasteiger partial charge in [-0.25, -0.2) is 0 Å². The van der Waals surface area contributed by atoms with Crippen LogP contribution in [0.15, 0.2) is 54.6 Å². The summed E-state index contributed by atoms with van der Waals surface area (Å²) in [6, 6.07) is 17.3. The third-order valence-corrected chi connectivity index (χ3v) is 4.82. The van der Waals surface area contributed by atoms with Crippen molar-refractivity contribution in [1.82, 2.24) is 10.6 Å². The Kier molecular flexibility index (Phi) is 8.00. The van der Waals surface area contributed by atoms with Crippen LogP contribution in [0.3, 0.4) is 0 Å². The summed E-state index contributed by atoms with van der Waals surface area (Å²) in [6.45, 7) is -0.0988. The molecule has 2 rings (SSSR count). The number of halogens is 1. The van der Waals surface area contributed by atoms with Gasteiger partial charge in [-0.3, -0.25) is 9.59 Å². The number of rotatable bonds is 8. The number of hydrogen-bond acceptors (Lipinski definition) is 4. The highest BCUT2D eigenvalue weighted by molar-refractivity contribution is 7.98. The number of nitriles is 1. The fourth-order valence-corrected chi connectivity index (χ4v) is 3.28. The molecule has 0 bridgehead atoms. The molecule has 1 unspecified atom stereocenters. The van der Waals surface area contributed by atoms with Crippen LogP contribution in [0.4, 0.5) is 0 Å². The number of benzene rings is 2. The Balaban J connectivity index is 1.96. The lowest BCUT2D eigenvalue weighted by Crippen LogP contribution is -2.48. The molecule has 0 aliphatic rings. The first kappa shape index (κ1) is 19.8. The van der Waals surface area contributed by atoms with Gasteiger partial charge in [-0.05, 0) is 29.8 Å². The van der Waals surface area contributed by atoms with E-state index in [0.717, 1.165) is 5.56 Å². The number of nitrogens with one attached hydrogen (secondary N) is 2. The lowest BCUT2D eigenvalue weighted by atomic mass is 10.2. The summed E-state index contributed by atoms with van der Waals surface area (Å²) in [5.41, 5.74) is 1.55. The highest BCUT2D eigenvalue weighted by Gasteiger charge is 2.21. The van der Waals surface area contributed by atoms with Gasteiger partial charge in [0.05, 0.1) is 6.07 Å². The maximum Gasteiger partial charge on any atom is 0.251 e. The van der Waals surface area contributed by atoms with E-state index in [0.29, 0.717) is 22.1 Å². The third kappa shape index (κ3) is 6.43. The standard InChI is InChI=1S/C19H18ClN3O2S/c20-16-8-6-14(7-9-16)12-26-13-17(19(25)22-11-10-21)23-18(24)15-4-2-1-3-5-15/h1-9,17H,11-13H2,(H,22,25)(H,23,24). The van der Waals surface area contributed by atoms with E-state index in [1.165, 1.54) is 11.8 Å². The largest absolute Gasteiger partial charge is 0.341 e. The smallest absolute Gasteiger partial charge is 0.251 e. The van der Waals surface area contributed by atoms with Crippen LogP contribution in [-0.2, 0) is 10.5 Å². The van der Waals surface area contributed by atoms with Gasteiger partial charge in [-0.2, -0.15) is 17.0 Å². The summed E-state index contributed by atoms with van der Waals surface area (Å²) >= 11 is 7.39. The van der Waals surface area contributed by atoms with Crippen molar-refractivity contribution >= 4 is 35.2 Å². The van der Waals surface area contributed by atoms with Gasteiger partial charge in [0, 0.05) is 22.1 Å². The molecular weight excluding hydrogens is 370 g/mol. The van der Waals surface area contributed by atoms with Crippen LogP contribution < -0.4 is 10.6 Å². The Hall–Kier alpha value is -2.49. The lowest BCUT2D eigenvalue weighted by Gasteiger charge is -2.17. The summed E-state index contributed by atoms with van der Waals surface area (Å²) < 4.78 is 0. The normalized spacial score (nSPS) is 11.2. The summed E-state index contributed by atoms with van der Waals surface area (Å²) in [5.74, 6) is 0.369. The molecule has 0 saturated heterocycles. The third-order valence-electron chi connectivity index (χ3n) is 3.47. The van der Waals surface area contributed by atoms with Crippen LogP contribution in [0.1, 0.15) is 15.9 Å². The fraction of sp³-hybridized carbons (Fsp3) is 0.211. The molecular formula is C19H18ClN3O2S. The van der Waals surface area contributed by atoms with Gasteiger partial charge in [0.2, 0.25) is 5.91 Å². The minimum atomic E-state index is -0.728. The first-order valence-electron chi connectivity index (χ1n) is 7.93. The van der Waals surface area contributed by atoms with E-state index in [2.05, 4.69) is 10.6 Å². The number of nitrogens with zero attached hydrogens (tertiary/aromatic N) is 1. The molecule has 7 heteroatoms. The minimum absolute atomic E-state index is 0.0988. The Morgan fingerprint density at radius 3 is 2.46 bits per heavy atom. The van der Waals surface area contributed by atoms with Crippen LogP contribution in [0.5, 0.6) is 0 Å². The zero-order valence-corrected chi connectivity index (χ0v) is 15.5. The minimum Gasteiger partial charge on any atom is -0.341 e. The average Bonchev–Trinajstić information content (AvgIpc) is 2.67. The molecule has 5 nitrogen and oxygen atoms in total. The van der Waals surface area contributed by atoms with Crippen molar-refractivity contribution in [3.8, 4) is 6.07 Å². The predicted molar refractivity (Wildman–Crippen MR) is 104 cm³/mol. The molecule has 2 N–H and O–H groups in total. The molecule has 0 saturated carbocycles. The van der Waals surface area contributed by atoms with Gasteiger partial charge in [0.25, 0.3) is 5.91 Å². The number of carbonyl (C=O) groups excluding carboxylic acids is 2. The number of thioether (sulfide) groups is 1. The van der Waals surface area contributed by atoms with Crippen LogP contribution in [0.25, 0.3) is 0 Å². The van der Waals surface area contributed by atoms with E-state index in [4.69, 9.17) is 16.9 Å². The van der Waals surface area contributed by atoms with E-state index in [1.54, 1.807) is 24.3 Å². The molecule has 2 amide bonds. The molecule has 0 radical (unpaired) electrons. The molecule has 0 aromatic heterocycles. The van der Waals surface area contributed by atoms with Crippen LogP contribution in [-0.4, -0.2) is 30.2 Å². The molecule has 2 aromatic carbocycles. The van der Waals surface area contributed by atoms with E-state index in [9.17, 15) is 9.59 Å². The Morgan fingerprint density at radius 1 is 1.12 bits per heavy atom. The number of carbonyl (C=O) groups is 2. The topological polar surface area (TPSA) is 82.0 Å². The van der Waals surface area contributed by atoms with Crippen LogP contribution >= 0.6 is 23.4 Å². The molecule has 1 atom stereocenters. The van der Waals surface area contributed by atoms with E-state index < -0.39 is 6.04 Å². The molecule has 134 valence electrons. The quantitative estimate of drug-likeness (QED) is 0.682. The number of hydrogen-bond donors (Lipinski definition) is 2. The lowest BCUT2D eigenvalue weighted by molar-refractivity contribution is -0.122. The second-order valence-electron chi connectivity index (χ2n) is 5.41. The first-order valence-corrected chi connectivity index (χ1v) is 9.46. The maximum atomic E-state index is 12.3. The second-order valence-corrected chi connectivity index (χ2v) is 6.88. The van der Waals surface area contributed by atoms with Gasteiger partial charge in [0.15, 0.2) is 0 Å². The van der Waals surface area contributed by atoms with Crippen molar-refractivity contribution in [3.63, 3.8) is 0 Å². The molecule has 0 fully saturated rings. The van der Waals surface area contributed by atoms with Gasteiger partial charge in [-0.1, -0.05) is 41.9 Å². The van der Waals surface area contributed by atoms with Crippen molar-refractivity contribution in [2.75, 3.05) is 12.3 Å². The predicted octanol–water partition coefficient (Wildman–Crippen LogP) is 3.01. The van der Waals surface area contributed by atoms with Crippen LogP contribution in [0.2, 0.25) is 5.02 Å². The first-order chi connectivity index (χ1) is 12.6. The van der Waals surface area contributed by atoms with Crippen molar-refractivity contribution in [2.45, 2.75) is 11.8 Å². The van der Waals surface area contributed by atoms with Crippen molar-refractivity contribution in [1.29, 1.82) is 5.26 Å². The number of amides is 2. The highest BCUT2D eigenvalue weighted by Crippen LogP contribution is 2.16. The average molecular weight is 388 g/mol. The van der Waals surface area contributed by atoms with E-state index in [1.807, 2.05) is 36.4 Å². The van der Waals surface area contributed by atoms with Crippen molar-refractivity contribution in [2.24, 2.45) is 0 Å². The van der Waals surface area contributed by atoms with Crippen molar-refractivity contribution in [3.05, 3.63) is 70.7 Å².